The third-order valence-electron chi connectivity index (χ3n) is 4.63. The monoisotopic (exact) mass is 384 g/mol. The number of halogens is 1. The van der Waals surface area contributed by atoms with E-state index in [1.54, 1.807) is 0 Å². The second-order valence-corrected chi connectivity index (χ2v) is 8.22. The SMILES string of the molecule is C=S(c1ccc(F)cc1)N1CCN(c2nc(-c3ccc(C)cc3)no2)CC1. The van der Waals surface area contributed by atoms with Crippen molar-refractivity contribution in [2.24, 2.45) is 0 Å². The molecule has 2 heterocycles. The quantitative estimate of drug-likeness (QED) is 0.637. The van der Waals surface area contributed by atoms with E-state index in [1.165, 1.54) is 17.7 Å². The highest BCUT2D eigenvalue weighted by Crippen LogP contribution is 2.31. The molecule has 1 saturated heterocycles. The number of rotatable bonds is 4. The number of aryl methyl sites for hydroxylation is 1. The minimum absolute atomic E-state index is 0.221. The fourth-order valence-corrected chi connectivity index (χ4v) is 4.36. The normalized spacial score (nSPS) is 16.4. The molecule has 1 aliphatic rings. The summed E-state index contributed by atoms with van der Waals surface area (Å²) in [6, 6.07) is 15.2. The molecular formula is C20H21FN4OS. The predicted octanol–water partition coefficient (Wildman–Crippen LogP) is 3.98. The number of anilines is 1. The maximum Gasteiger partial charge on any atom is 0.324 e. The second kappa shape index (κ2) is 7.62. The Labute approximate surface area is 160 Å². The Balaban J connectivity index is 1.40. The van der Waals surface area contributed by atoms with Gasteiger partial charge in [0.25, 0.3) is 0 Å². The molecule has 1 aromatic heterocycles. The number of aromatic nitrogens is 2. The summed E-state index contributed by atoms with van der Waals surface area (Å²) in [4.78, 5) is 7.69. The molecule has 1 aliphatic heterocycles. The third-order valence-corrected chi connectivity index (χ3v) is 6.44. The minimum atomic E-state index is -0.303. The maximum absolute atomic E-state index is 13.1. The van der Waals surface area contributed by atoms with Gasteiger partial charge < -0.3 is 9.42 Å². The average molecular weight is 384 g/mol. The largest absolute Gasteiger partial charge is 0.324 e. The Bertz CT molecular complexity index is 931. The molecular weight excluding hydrogens is 363 g/mol. The third kappa shape index (κ3) is 3.94. The summed E-state index contributed by atoms with van der Waals surface area (Å²) in [5.41, 5.74) is 2.15. The molecule has 0 radical (unpaired) electrons. The Morgan fingerprint density at radius 1 is 1.00 bits per heavy atom. The van der Waals surface area contributed by atoms with E-state index in [1.807, 2.05) is 43.3 Å². The van der Waals surface area contributed by atoms with E-state index in [2.05, 4.69) is 25.2 Å². The Morgan fingerprint density at radius 2 is 1.67 bits per heavy atom. The Kier molecular flexibility index (Phi) is 5.05. The second-order valence-electron chi connectivity index (χ2n) is 6.50. The van der Waals surface area contributed by atoms with Crippen LogP contribution in [0.15, 0.2) is 57.9 Å². The molecule has 1 fully saturated rings. The molecule has 7 heteroatoms. The first-order valence-electron chi connectivity index (χ1n) is 8.80. The van der Waals surface area contributed by atoms with Crippen molar-refractivity contribution >= 4 is 22.6 Å². The van der Waals surface area contributed by atoms with E-state index in [0.717, 1.165) is 36.6 Å². The van der Waals surface area contributed by atoms with Crippen LogP contribution in [0, 0.1) is 12.7 Å². The molecule has 0 N–H and O–H groups in total. The van der Waals surface area contributed by atoms with E-state index < -0.39 is 0 Å². The van der Waals surface area contributed by atoms with Gasteiger partial charge in [-0.3, -0.25) is 0 Å². The number of hydrogen-bond donors (Lipinski definition) is 0. The van der Waals surface area contributed by atoms with Gasteiger partial charge >= 0.3 is 6.01 Å². The van der Waals surface area contributed by atoms with Crippen LogP contribution in [0.4, 0.5) is 10.4 Å². The zero-order chi connectivity index (χ0) is 18.8. The predicted molar refractivity (Wildman–Crippen MR) is 108 cm³/mol. The van der Waals surface area contributed by atoms with Crippen LogP contribution in [-0.4, -0.2) is 46.5 Å². The molecule has 0 spiro atoms. The molecule has 3 aromatic rings. The highest BCUT2D eigenvalue weighted by Gasteiger charge is 2.23. The molecule has 1 atom stereocenters. The van der Waals surface area contributed by atoms with Crippen molar-refractivity contribution in [2.75, 3.05) is 31.1 Å². The first-order valence-corrected chi connectivity index (χ1v) is 10.2. The van der Waals surface area contributed by atoms with Crippen LogP contribution >= 0.6 is 10.7 Å². The van der Waals surface area contributed by atoms with E-state index in [9.17, 15) is 4.39 Å². The average Bonchev–Trinajstić information content (AvgIpc) is 3.19. The summed E-state index contributed by atoms with van der Waals surface area (Å²) < 4.78 is 20.9. The number of benzene rings is 2. The van der Waals surface area contributed by atoms with Gasteiger partial charge in [-0.05, 0) is 31.2 Å². The Hall–Kier alpha value is -2.51. The van der Waals surface area contributed by atoms with Gasteiger partial charge in [0.05, 0.1) is 0 Å². The van der Waals surface area contributed by atoms with Crippen LogP contribution in [0.2, 0.25) is 0 Å². The topological polar surface area (TPSA) is 45.4 Å². The summed E-state index contributed by atoms with van der Waals surface area (Å²) in [5.74, 6) is 4.66. The van der Waals surface area contributed by atoms with E-state index in [0.29, 0.717) is 11.8 Å². The Morgan fingerprint density at radius 3 is 2.33 bits per heavy atom. The fourth-order valence-electron chi connectivity index (χ4n) is 3.00. The first kappa shape index (κ1) is 17.9. The number of piperazine rings is 1. The van der Waals surface area contributed by atoms with Crippen LogP contribution in [0.25, 0.3) is 11.4 Å². The zero-order valence-electron chi connectivity index (χ0n) is 15.1. The first-order chi connectivity index (χ1) is 13.1. The van der Waals surface area contributed by atoms with Crippen molar-refractivity contribution in [1.29, 1.82) is 0 Å². The fraction of sp³-hybridized carbons (Fsp3) is 0.250. The van der Waals surface area contributed by atoms with Crippen molar-refractivity contribution < 1.29 is 8.91 Å². The molecule has 0 amide bonds. The van der Waals surface area contributed by atoms with Crippen molar-refractivity contribution in [2.45, 2.75) is 11.8 Å². The lowest BCUT2D eigenvalue weighted by molar-refractivity contribution is 0.374. The van der Waals surface area contributed by atoms with Crippen LogP contribution in [0.3, 0.4) is 0 Å². The van der Waals surface area contributed by atoms with Crippen molar-refractivity contribution in [1.82, 2.24) is 14.4 Å². The lowest BCUT2D eigenvalue weighted by Crippen LogP contribution is -2.44. The maximum atomic E-state index is 13.1. The lowest BCUT2D eigenvalue weighted by atomic mass is 10.1. The van der Waals surface area contributed by atoms with Gasteiger partial charge in [0, 0.05) is 36.6 Å². The highest BCUT2D eigenvalue weighted by atomic mass is 32.2. The molecule has 140 valence electrons. The van der Waals surface area contributed by atoms with Gasteiger partial charge in [0.15, 0.2) is 0 Å². The molecule has 0 saturated carbocycles. The molecule has 0 aliphatic carbocycles. The standard InChI is InChI=1S/C20H21FN4OS/c1-15-3-5-16(6-4-15)19-22-20(26-23-19)24-11-13-25(14-12-24)27(2)18-9-7-17(21)8-10-18/h3-10H,2,11-14H2,1H3. The van der Waals surface area contributed by atoms with Crippen LogP contribution < -0.4 is 4.90 Å². The lowest BCUT2D eigenvalue weighted by Gasteiger charge is -2.34. The smallest absolute Gasteiger partial charge is 0.322 e. The molecule has 2 aromatic carbocycles. The van der Waals surface area contributed by atoms with Gasteiger partial charge in [-0.1, -0.05) is 51.5 Å². The molecule has 5 nitrogen and oxygen atoms in total. The van der Waals surface area contributed by atoms with Crippen LogP contribution in [-0.2, 0) is 0 Å². The highest BCUT2D eigenvalue weighted by molar-refractivity contribution is 8.12. The molecule has 27 heavy (non-hydrogen) atoms. The van der Waals surface area contributed by atoms with Gasteiger partial charge in [-0.25, -0.2) is 8.70 Å². The van der Waals surface area contributed by atoms with Gasteiger partial charge in [-0.15, -0.1) is 0 Å². The number of hydrogen-bond acceptors (Lipinski definition) is 5. The minimum Gasteiger partial charge on any atom is -0.322 e. The van der Waals surface area contributed by atoms with Gasteiger partial charge in [-0.2, -0.15) is 4.98 Å². The van der Waals surface area contributed by atoms with Crippen LogP contribution in [0.1, 0.15) is 5.56 Å². The van der Waals surface area contributed by atoms with Gasteiger partial charge in [0.2, 0.25) is 5.82 Å². The van der Waals surface area contributed by atoms with Gasteiger partial charge in [0.1, 0.15) is 5.82 Å². The summed E-state index contributed by atoms with van der Waals surface area (Å²) in [6.45, 7) is 5.30. The van der Waals surface area contributed by atoms with Crippen molar-refractivity contribution in [3.8, 4) is 11.4 Å². The number of nitrogens with zero attached hydrogens (tertiary/aromatic N) is 4. The molecule has 4 rings (SSSR count). The van der Waals surface area contributed by atoms with E-state index in [4.69, 9.17) is 4.52 Å². The van der Waals surface area contributed by atoms with Crippen molar-refractivity contribution in [3.63, 3.8) is 0 Å². The van der Waals surface area contributed by atoms with E-state index in [-0.39, 0.29) is 16.5 Å². The zero-order valence-corrected chi connectivity index (χ0v) is 16.0. The molecule has 0 bridgehead atoms. The van der Waals surface area contributed by atoms with E-state index >= 15 is 0 Å². The van der Waals surface area contributed by atoms with Crippen molar-refractivity contribution in [3.05, 3.63) is 59.9 Å². The summed E-state index contributed by atoms with van der Waals surface area (Å²) >= 11 is 0. The molecule has 1 unspecified atom stereocenters. The summed E-state index contributed by atoms with van der Waals surface area (Å²) in [6.07, 6.45) is 0. The summed E-state index contributed by atoms with van der Waals surface area (Å²) in [7, 11) is -0.303. The van der Waals surface area contributed by atoms with Crippen LogP contribution in [0.5, 0.6) is 0 Å². The summed E-state index contributed by atoms with van der Waals surface area (Å²) in [5, 5.41) is 4.11.